The molecule has 14 heterocycles. The first kappa shape index (κ1) is 68.9. The first-order valence-electron chi connectivity index (χ1n) is 34.4. The molecule has 30 nitrogen and oxygen atoms in total. The lowest BCUT2D eigenvalue weighted by atomic mass is 9.87. The van der Waals surface area contributed by atoms with Gasteiger partial charge in [0.15, 0.2) is 0 Å². The fraction of sp³-hybridized carbons (Fsp3) is 0.420. The van der Waals surface area contributed by atoms with Crippen LogP contribution in [0.1, 0.15) is 70.0 Å². The number of halogens is 4. The van der Waals surface area contributed by atoms with Gasteiger partial charge in [-0.1, -0.05) is 46.4 Å². The smallest absolute Gasteiger partial charge is 0.325 e. The van der Waals surface area contributed by atoms with E-state index in [0.29, 0.717) is 109 Å². The third-order valence-electron chi connectivity index (χ3n) is 21.3. The molecule has 0 radical (unpaired) electrons. The number of aromatic amines is 4. The van der Waals surface area contributed by atoms with Gasteiger partial charge in [-0.3, -0.25) is 44.6 Å². The zero-order valence-electron chi connectivity index (χ0n) is 56.6. The number of amides is 9. The van der Waals surface area contributed by atoms with Crippen LogP contribution in [0.25, 0.3) is 43.6 Å². The maximum Gasteiger partial charge on any atom is 0.325 e. The van der Waals surface area contributed by atoms with Crippen LogP contribution in [0.5, 0.6) is 0 Å². The van der Waals surface area contributed by atoms with Crippen molar-refractivity contribution in [3.63, 3.8) is 0 Å². The number of aryl methyl sites for hydroxylation is 1. The van der Waals surface area contributed by atoms with Gasteiger partial charge >= 0.3 is 18.1 Å². The molecule has 8 saturated heterocycles. The van der Waals surface area contributed by atoms with Gasteiger partial charge < -0.3 is 59.1 Å². The maximum absolute atomic E-state index is 13.1. The van der Waals surface area contributed by atoms with Crippen LogP contribution >= 0.6 is 46.4 Å². The third kappa shape index (κ3) is 13.8. The number of nitrogens with zero attached hydrogens (tertiary/aromatic N) is 15. The molecule has 6 aromatic heterocycles. The molecule has 0 bridgehead atoms. The molecule has 34 heteroatoms. The molecule has 8 fully saturated rings. The molecule has 0 unspecified atom stereocenters. The Labute approximate surface area is 609 Å². The fourth-order valence-corrected chi connectivity index (χ4v) is 16.4. The van der Waals surface area contributed by atoms with Crippen molar-refractivity contribution in [3.05, 3.63) is 130 Å². The summed E-state index contributed by atoms with van der Waals surface area (Å²) in [6.07, 6.45) is 19.5. The highest BCUT2D eigenvalue weighted by Crippen LogP contribution is 2.41. The highest BCUT2D eigenvalue weighted by atomic mass is 35.5. The number of imide groups is 2. The van der Waals surface area contributed by atoms with Crippen LogP contribution in [-0.2, 0) is 39.3 Å². The average molecular weight is 1480 g/mol. The largest absolute Gasteiger partial charge is 0.447 e. The highest BCUT2D eigenvalue weighted by molar-refractivity contribution is 6.33. The monoisotopic (exact) mass is 1480 g/mol. The second-order valence-electron chi connectivity index (χ2n) is 27.3. The number of rotatable bonds is 9. The van der Waals surface area contributed by atoms with Crippen molar-refractivity contribution < 1.29 is 37.9 Å². The quantitative estimate of drug-likeness (QED) is 0.0663. The van der Waals surface area contributed by atoms with E-state index in [9.17, 15) is 28.8 Å². The summed E-state index contributed by atoms with van der Waals surface area (Å²) in [4.78, 5) is 98.2. The molecule has 0 atom stereocenters. The predicted octanol–water partition coefficient (Wildman–Crippen LogP) is 8.98. The van der Waals surface area contributed by atoms with Gasteiger partial charge in [-0.05, 0) is 99.9 Å². The van der Waals surface area contributed by atoms with Crippen molar-refractivity contribution in [3.8, 4) is 0 Å². The van der Waals surface area contributed by atoms with Gasteiger partial charge in [0.2, 0.25) is 11.8 Å². The Morgan fingerprint density at radius 2 is 0.971 bits per heavy atom. The number of imidazole rings is 1. The number of piperidine rings is 4. The molecular weight excluding hydrogens is 1410 g/mol. The molecule has 8 aliphatic heterocycles. The number of nitrogens with one attached hydrogen (secondary N) is 7. The van der Waals surface area contributed by atoms with Crippen LogP contribution in [0.2, 0.25) is 20.1 Å². The summed E-state index contributed by atoms with van der Waals surface area (Å²) in [5.74, 6) is 0.734. The normalized spacial score (nSPS) is 19.6. The van der Waals surface area contributed by atoms with Crippen LogP contribution in [0.3, 0.4) is 0 Å². The molecule has 0 aliphatic carbocycles. The number of fused-ring (bicyclic) bond motifs is 4. The molecule has 7 N–H and O–H groups in total. The molecule has 0 saturated carbocycles. The Hall–Kier alpha value is -9.88. The number of oxazole rings is 1. The summed E-state index contributed by atoms with van der Waals surface area (Å²) in [7, 11) is 1.84. The van der Waals surface area contributed by atoms with Crippen molar-refractivity contribution in [2.75, 3.05) is 105 Å². The third-order valence-corrected chi connectivity index (χ3v) is 22.1. The molecular formula is C69H76Cl4N22O8. The second-order valence-corrected chi connectivity index (χ2v) is 29.0. The summed E-state index contributed by atoms with van der Waals surface area (Å²) in [5.41, 5.74) is 5.91. The SMILES string of the molecule is CC(=O)N1CCOC2(CCN(c3cc(Cl)cc4[nH]ncc34)CC2)C1.Cn1ccnc1CN1C(=O)NC2(CCN(c3cc(Cl)cc4[nH]ncc34)CC2)C1=O.O=C1NC2(CCN(c3cc(Cl)cc4[nH]ncc34)CC2)C(=O)N1Cc1ncco1.O=C1NCCN1C1CCN(c2cc(Cl)cc3[nH]ncc23)CC1. The molecule has 10 aromatic rings. The van der Waals surface area contributed by atoms with Crippen molar-refractivity contribution in [1.29, 1.82) is 0 Å². The number of carbonyl (C=O) groups excluding carboxylic acids is 6. The number of benzene rings is 4. The van der Waals surface area contributed by atoms with Gasteiger partial charge in [-0.15, -0.1) is 0 Å². The Kier molecular flexibility index (Phi) is 19.0. The van der Waals surface area contributed by atoms with Crippen LogP contribution in [-0.4, -0.2) is 219 Å². The maximum atomic E-state index is 13.1. The topological polar surface area (TPSA) is 332 Å². The molecule has 8 aliphatic rings. The Morgan fingerprint density at radius 1 is 0.534 bits per heavy atom. The number of ether oxygens (including phenoxy) is 1. The van der Waals surface area contributed by atoms with Crippen molar-refractivity contribution in [2.45, 2.75) is 94.1 Å². The van der Waals surface area contributed by atoms with Gasteiger partial charge in [-0.2, -0.15) is 20.4 Å². The molecule has 103 heavy (non-hydrogen) atoms. The molecule has 3 spiro atoms. The molecule has 4 aromatic carbocycles. The van der Waals surface area contributed by atoms with E-state index in [1.54, 1.807) is 31.7 Å². The Bertz CT molecular complexity index is 4830. The van der Waals surface area contributed by atoms with E-state index >= 15 is 0 Å². The van der Waals surface area contributed by atoms with Crippen molar-refractivity contribution >= 4 is 149 Å². The Balaban J connectivity index is 0.000000111. The lowest BCUT2D eigenvalue weighted by Crippen LogP contribution is -2.57. The predicted molar refractivity (Wildman–Crippen MR) is 388 cm³/mol. The van der Waals surface area contributed by atoms with E-state index in [-0.39, 0.29) is 48.5 Å². The van der Waals surface area contributed by atoms with Crippen molar-refractivity contribution in [1.82, 2.24) is 90.9 Å². The van der Waals surface area contributed by atoms with Crippen LogP contribution in [0.15, 0.2) is 103 Å². The minimum atomic E-state index is -0.881. The Morgan fingerprint density at radius 3 is 1.37 bits per heavy atom. The number of hydrogen-bond donors (Lipinski definition) is 7. The second kappa shape index (κ2) is 28.4. The number of carbonyl (C=O) groups is 6. The van der Waals surface area contributed by atoms with Crippen LogP contribution < -0.4 is 35.6 Å². The molecule has 18 rings (SSSR count). The van der Waals surface area contributed by atoms with E-state index < -0.39 is 17.1 Å². The van der Waals surface area contributed by atoms with Crippen LogP contribution in [0.4, 0.5) is 37.1 Å². The molecule has 538 valence electrons. The number of urea groups is 3. The van der Waals surface area contributed by atoms with E-state index in [2.05, 4.69) is 86.3 Å². The van der Waals surface area contributed by atoms with E-state index in [1.165, 1.54) is 22.3 Å². The van der Waals surface area contributed by atoms with Gasteiger partial charge in [0.1, 0.15) is 29.7 Å². The van der Waals surface area contributed by atoms with Gasteiger partial charge in [0, 0.05) is 175 Å². The molecule has 9 amide bonds. The van der Waals surface area contributed by atoms with Crippen molar-refractivity contribution in [2.24, 2.45) is 7.05 Å². The number of morpholine rings is 1. The number of H-pyrrole nitrogens is 4. The minimum Gasteiger partial charge on any atom is -0.447 e. The van der Waals surface area contributed by atoms with E-state index in [0.717, 1.165) is 131 Å². The summed E-state index contributed by atoms with van der Waals surface area (Å²) in [5, 5.41) is 43.8. The first-order chi connectivity index (χ1) is 49.8. The standard InChI is InChI=1S/C19H20ClN7O2.C18H17ClN6O3.C17H21ClN4O2.C15H18ClN5O/c1-25-7-4-21-16(25)11-27-17(28)19(23-18(27)29)2-5-26(6-3-19)15-9-12(20)8-14-13(15)10-22-24-14;19-11-7-13-12(9-21-23-13)14(8-11)24-4-1-18(2-5-24)16(26)25(17(27)22-18)10-15-20-3-6-28-15;1-12(23)22-6-7-24-17(11-22)2-4-21(5-3-17)16-9-13(18)8-15-14(16)10-19-20-15;16-10-7-13-12(9-18-19-13)14(8-10)20-4-1-11(2-5-20)21-6-3-17-15(21)22/h4,7-10H,2-3,5-6,11H2,1H3,(H,22,24)(H,23,29);3,6-9H,1-2,4-5,10H2,(H,21,23)(H,22,27);8-10H,2-7,11H2,1H3,(H,19,20);7-9,11H,1-6H2,(H,17,22)(H,18,19). The summed E-state index contributed by atoms with van der Waals surface area (Å²) in [6.45, 7) is 11.6. The van der Waals surface area contributed by atoms with Gasteiger partial charge in [0.05, 0.1) is 71.8 Å². The van der Waals surface area contributed by atoms with Crippen LogP contribution in [0, 0.1) is 0 Å². The summed E-state index contributed by atoms with van der Waals surface area (Å²) in [6, 6.07) is 15.0. The lowest BCUT2D eigenvalue weighted by molar-refractivity contribution is -0.152. The lowest BCUT2D eigenvalue weighted by Gasteiger charge is -2.47. The van der Waals surface area contributed by atoms with E-state index in [1.807, 2.05) is 82.3 Å². The highest BCUT2D eigenvalue weighted by Gasteiger charge is 2.54. The average Bonchev–Trinajstić information content (AvgIpc) is 1.69. The summed E-state index contributed by atoms with van der Waals surface area (Å²) < 4.78 is 13.1. The number of anilines is 4. The van der Waals surface area contributed by atoms with Gasteiger partial charge in [0.25, 0.3) is 11.8 Å². The zero-order chi connectivity index (χ0) is 71.3. The fourth-order valence-electron chi connectivity index (χ4n) is 15.6. The number of hydrogen-bond acceptors (Lipinski definition) is 18. The van der Waals surface area contributed by atoms with E-state index in [4.69, 9.17) is 55.6 Å². The van der Waals surface area contributed by atoms with Gasteiger partial charge in [-0.25, -0.2) is 24.4 Å². The zero-order valence-corrected chi connectivity index (χ0v) is 59.6. The summed E-state index contributed by atoms with van der Waals surface area (Å²) >= 11 is 25.0. The first-order valence-corrected chi connectivity index (χ1v) is 35.9. The number of aromatic nitrogens is 11. The minimum absolute atomic E-state index is 0.0348.